The van der Waals surface area contributed by atoms with Gasteiger partial charge in [-0.2, -0.15) is 27.6 Å². The van der Waals surface area contributed by atoms with Crippen molar-refractivity contribution in [3.05, 3.63) is 41.7 Å². The quantitative estimate of drug-likeness (QED) is 0.760. The van der Waals surface area contributed by atoms with Crippen molar-refractivity contribution in [3.63, 3.8) is 0 Å². The fraction of sp³-hybridized carbons (Fsp3) is 0.200. The predicted molar refractivity (Wildman–Crippen MR) is 58.8 cm³/mol. The normalized spacial score (nSPS) is 10.4. The molecule has 4 heteroatoms. The lowest BCUT2D eigenvalue weighted by Crippen LogP contribution is -1.98. The standard InChI is InChI=1S/C10H11N3S/c1-8-10(7-14)12-13(11-8)9-5-3-2-4-6-9/h2-6,14H,7H2,1H3. The van der Waals surface area contributed by atoms with Crippen LogP contribution in [0.4, 0.5) is 0 Å². The summed E-state index contributed by atoms with van der Waals surface area (Å²) in [5.74, 6) is 0.624. The maximum absolute atomic E-state index is 4.33. The average molecular weight is 205 g/mol. The molecule has 0 unspecified atom stereocenters. The van der Waals surface area contributed by atoms with Crippen molar-refractivity contribution in [1.29, 1.82) is 0 Å². The predicted octanol–water partition coefficient (Wildman–Crippen LogP) is 2.01. The van der Waals surface area contributed by atoms with Gasteiger partial charge in [-0.25, -0.2) is 0 Å². The summed E-state index contributed by atoms with van der Waals surface area (Å²) < 4.78 is 0. The third-order valence-electron chi connectivity index (χ3n) is 2.01. The van der Waals surface area contributed by atoms with E-state index in [9.17, 15) is 0 Å². The summed E-state index contributed by atoms with van der Waals surface area (Å²) in [4.78, 5) is 1.64. The molecular formula is C10H11N3S. The zero-order valence-corrected chi connectivity index (χ0v) is 8.78. The molecule has 0 atom stereocenters. The van der Waals surface area contributed by atoms with Gasteiger partial charge in [-0.1, -0.05) is 18.2 Å². The summed E-state index contributed by atoms with van der Waals surface area (Å²) in [7, 11) is 0. The van der Waals surface area contributed by atoms with Crippen molar-refractivity contribution >= 4 is 12.6 Å². The van der Waals surface area contributed by atoms with Crippen LogP contribution in [0, 0.1) is 6.92 Å². The maximum atomic E-state index is 4.33. The molecule has 1 heterocycles. The van der Waals surface area contributed by atoms with E-state index in [2.05, 4.69) is 22.8 Å². The highest BCUT2D eigenvalue weighted by atomic mass is 32.1. The van der Waals surface area contributed by atoms with Gasteiger partial charge in [0.1, 0.15) is 0 Å². The number of hydrogen-bond acceptors (Lipinski definition) is 3. The highest BCUT2D eigenvalue weighted by Crippen LogP contribution is 2.09. The number of rotatable bonds is 2. The fourth-order valence-corrected chi connectivity index (χ4v) is 1.52. The van der Waals surface area contributed by atoms with Gasteiger partial charge in [0, 0.05) is 5.75 Å². The third kappa shape index (κ3) is 1.65. The molecule has 0 amide bonds. The number of hydrogen-bond donors (Lipinski definition) is 1. The van der Waals surface area contributed by atoms with E-state index in [0.717, 1.165) is 17.1 Å². The first kappa shape index (κ1) is 9.27. The molecule has 0 saturated heterocycles. The lowest BCUT2D eigenvalue weighted by atomic mass is 10.3. The topological polar surface area (TPSA) is 30.7 Å². The SMILES string of the molecule is Cc1nn(-c2ccccc2)nc1CS. The molecule has 0 aliphatic rings. The van der Waals surface area contributed by atoms with E-state index in [1.54, 1.807) is 4.80 Å². The third-order valence-corrected chi connectivity index (χ3v) is 2.31. The first-order valence-electron chi connectivity index (χ1n) is 4.40. The minimum absolute atomic E-state index is 0.624. The van der Waals surface area contributed by atoms with Gasteiger partial charge in [-0.15, -0.1) is 0 Å². The zero-order chi connectivity index (χ0) is 9.97. The van der Waals surface area contributed by atoms with Crippen molar-refractivity contribution in [3.8, 4) is 5.69 Å². The highest BCUT2D eigenvalue weighted by Gasteiger charge is 2.05. The van der Waals surface area contributed by atoms with Crippen LogP contribution in [-0.4, -0.2) is 15.0 Å². The van der Waals surface area contributed by atoms with Crippen LogP contribution in [0.15, 0.2) is 30.3 Å². The molecule has 2 rings (SSSR count). The second kappa shape index (κ2) is 3.84. The summed E-state index contributed by atoms with van der Waals surface area (Å²) in [6.45, 7) is 1.94. The van der Waals surface area contributed by atoms with Crippen molar-refractivity contribution in [2.24, 2.45) is 0 Å². The fourth-order valence-electron chi connectivity index (χ4n) is 1.23. The minimum atomic E-state index is 0.624. The molecular weight excluding hydrogens is 194 g/mol. The Morgan fingerprint density at radius 3 is 2.50 bits per heavy atom. The lowest BCUT2D eigenvalue weighted by molar-refractivity contribution is 0.740. The van der Waals surface area contributed by atoms with Gasteiger partial charge in [0.25, 0.3) is 0 Å². The summed E-state index contributed by atoms with van der Waals surface area (Å²) in [6.07, 6.45) is 0. The summed E-state index contributed by atoms with van der Waals surface area (Å²) in [5, 5.41) is 8.64. The minimum Gasteiger partial charge on any atom is -0.173 e. The summed E-state index contributed by atoms with van der Waals surface area (Å²) >= 11 is 4.19. The molecule has 72 valence electrons. The van der Waals surface area contributed by atoms with E-state index in [1.165, 1.54) is 0 Å². The molecule has 0 aliphatic carbocycles. The van der Waals surface area contributed by atoms with Gasteiger partial charge in [0.15, 0.2) is 0 Å². The van der Waals surface area contributed by atoms with Crippen LogP contribution < -0.4 is 0 Å². The van der Waals surface area contributed by atoms with Gasteiger partial charge < -0.3 is 0 Å². The van der Waals surface area contributed by atoms with Crippen molar-refractivity contribution in [1.82, 2.24) is 15.0 Å². The van der Waals surface area contributed by atoms with Crippen LogP contribution in [0.2, 0.25) is 0 Å². The molecule has 3 nitrogen and oxygen atoms in total. The molecule has 0 saturated carbocycles. The number of aromatic nitrogens is 3. The van der Waals surface area contributed by atoms with Gasteiger partial charge >= 0.3 is 0 Å². The summed E-state index contributed by atoms with van der Waals surface area (Å²) in [5.41, 5.74) is 2.84. The van der Waals surface area contributed by atoms with Crippen LogP contribution in [0.5, 0.6) is 0 Å². The van der Waals surface area contributed by atoms with E-state index in [4.69, 9.17) is 0 Å². The Hall–Kier alpha value is -1.29. The van der Waals surface area contributed by atoms with E-state index in [0.29, 0.717) is 5.75 Å². The Morgan fingerprint density at radius 2 is 1.93 bits per heavy atom. The number of para-hydroxylation sites is 1. The molecule has 14 heavy (non-hydrogen) atoms. The molecule has 0 radical (unpaired) electrons. The van der Waals surface area contributed by atoms with Crippen LogP contribution in [-0.2, 0) is 5.75 Å². The molecule has 1 aromatic carbocycles. The van der Waals surface area contributed by atoms with E-state index in [-0.39, 0.29) is 0 Å². The first-order valence-corrected chi connectivity index (χ1v) is 5.03. The summed E-state index contributed by atoms with van der Waals surface area (Å²) in [6, 6.07) is 9.85. The molecule has 0 bridgehead atoms. The molecule has 0 fully saturated rings. The van der Waals surface area contributed by atoms with Crippen LogP contribution >= 0.6 is 12.6 Å². The smallest absolute Gasteiger partial charge is 0.0957 e. The number of thiol groups is 1. The second-order valence-electron chi connectivity index (χ2n) is 3.02. The molecule has 0 N–H and O–H groups in total. The molecule has 1 aromatic heterocycles. The van der Waals surface area contributed by atoms with Gasteiger partial charge in [-0.3, -0.25) is 0 Å². The Morgan fingerprint density at radius 1 is 1.21 bits per heavy atom. The van der Waals surface area contributed by atoms with Crippen molar-refractivity contribution in [2.45, 2.75) is 12.7 Å². The van der Waals surface area contributed by atoms with Crippen molar-refractivity contribution < 1.29 is 0 Å². The second-order valence-corrected chi connectivity index (χ2v) is 3.33. The van der Waals surface area contributed by atoms with Gasteiger partial charge in [0.2, 0.25) is 0 Å². The Bertz CT molecular complexity index is 422. The number of benzene rings is 1. The maximum Gasteiger partial charge on any atom is 0.0957 e. The van der Waals surface area contributed by atoms with E-state index < -0.39 is 0 Å². The molecule has 2 aromatic rings. The zero-order valence-electron chi connectivity index (χ0n) is 7.88. The molecule has 0 spiro atoms. The van der Waals surface area contributed by atoms with Crippen LogP contribution in [0.1, 0.15) is 11.4 Å². The van der Waals surface area contributed by atoms with Crippen LogP contribution in [0.25, 0.3) is 5.69 Å². The van der Waals surface area contributed by atoms with E-state index >= 15 is 0 Å². The monoisotopic (exact) mass is 205 g/mol. The van der Waals surface area contributed by atoms with Crippen molar-refractivity contribution in [2.75, 3.05) is 0 Å². The number of nitrogens with zero attached hydrogens (tertiary/aromatic N) is 3. The van der Waals surface area contributed by atoms with Gasteiger partial charge in [0.05, 0.1) is 17.1 Å². The largest absolute Gasteiger partial charge is 0.173 e. The number of aryl methyl sites for hydroxylation is 1. The first-order chi connectivity index (χ1) is 6.81. The molecule has 0 aliphatic heterocycles. The Kier molecular flexibility index (Phi) is 2.54. The van der Waals surface area contributed by atoms with E-state index in [1.807, 2.05) is 37.3 Å². The lowest BCUT2D eigenvalue weighted by Gasteiger charge is -1.96. The average Bonchev–Trinajstić information content (AvgIpc) is 2.61. The van der Waals surface area contributed by atoms with Crippen LogP contribution in [0.3, 0.4) is 0 Å². The highest BCUT2D eigenvalue weighted by molar-refractivity contribution is 7.79. The van der Waals surface area contributed by atoms with Gasteiger partial charge in [-0.05, 0) is 19.1 Å². The Labute approximate surface area is 88.2 Å². The Balaban J connectivity index is 2.43.